The standard InChI is InChI=1S/C21H24F3N3O2/c1-13(2)19(17-12-25-10-8-21(17,23)24)27-20(28)18-11-16(7-9-26-18)29-15-5-3-14(22)4-6-15/h3-7,9,11,13,17,19,25H,8,10,12H2,1-2H3,(H,27,28). The predicted molar refractivity (Wildman–Crippen MR) is 103 cm³/mol. The first-order chi connectivity index (χ1) is 13.8. The van der Waals surface area contributed by atoms with Crippen molar-refractivity contribution < 1.29 is 22.7 Å². The Hall–Kier alpha value is -2.61. The number of hydrogen-bond donors (Lipinski definition) is 2. The Morgan fingerprint density at radius 2 is 1.97 bits per heavy atom. The second-order valence-electron chi connectivity index (χ2n) is 7.50. The Morgan fingerprint density at radius 1 is 1.24 bits per heavy atom. The molecule has 1 aliphatic rings. The molecular formula is C21H24F3N3O2. The maximum atomic E-state index is 14.4. The van der Waals surface area contributed by atoms with Gasteiger partial charge in [-0.3, -0.25) is 9.78 Å². The lowest BCUT2D eigenvalue weighted by Crippen LogP contribution is -2.57. The summed E-state index contributed by atoms with van der Waals surface area (Å²) in [6.45, 7) is 4.00. The molecule has 0 saturated carbocycles. The van der Waals surface area contributed by atoms with E-state index in [-0.39, 0.29) is 36.9 Å². The number of benzene rings is 1. The van der Waals surface area contributed by atoms with Gasteiger partial charge in [-0.1, -0.05) is 13.8 Å². The lowest BCUT2D eigenvalue weighted by atomic mass is 9.82. The molecule has 1 amide bonds. The highest BCUT2D eigenvalue weighted by Crippen LogP contribution is 2.35. The number of piperidine rings is 1. The van der Waals surface area contributed by atoms with Crippen LogP contribution >= 0.6 is 0 Å². The van der Waals surface area contributed by atoms with Gasteiger partial charge in [-0.05, 0) is 36.2 Å². The summed E-state index contributed by atoms with van der Waals surface area (Å²) >= 11 is 0. The van der Waals surface area contributed by atoms with Crippen LogP contribution < -0.4 is 15.4 Å². The molecule has 2 heterocycles. The number of carbonyl (C=O) groups is 1. The van der Waals surface area contributed by atoms with Gasteiger partial charge in [0, 0.05) is 37.8 Å². The normalized spacial score (nSPS) is 19.6. The van der Waals surface area contributed by atoms with Gasteiger partial charge in [0.05, 0.1) is 5.92 Å². The molecule has 2 aromatic rings. The third kappa shape index (κ3) is 5.26. The number of carbonyl (C=O) groups excluding carboxylic acids is 1. The number of ether oxygens (including phenoxy) is 1. The first-order valence-electron chi connectivity index (χ1n) is 9.55. The number of pyridine rings is 1. The van der Waals surface area contributed by atoms with Crippen LogP contribution in [-0.2, 0) is 0 Å². The van der Waals surface area contributed by atoms with E-state index in [1.54, 1.807) is 19.9 Å². The Kier molecular flexibility index (Phi) is 6.42. The zero-order valence-corrected chi connectivity index (χ0v) is 16.3. The molecule has 0 spiro atoms. The number of halogens is 3. The minimum Gasteiger partial charge on any atom is -0.457 e. The van der Waals surface area contributed by atoms with Crippen molar-refractivity contribution in [3.8, 4) is 11.5 Å². The van der Waals surface area contributed by atoms with Crippen LogP contribution in [0.1, 0.15) is 30.8 Å². The highest BCUT2D eigenvalue weighted by molar-refractivity contribution is 5.92. The van der Waals surface area contributed by atoms with E-state index in [0.717, 1.165) is 0 Å². The van der Waals surface area contributed by atoms with Crippen molar-refractivity contribution in [1.82, 2.24) is 15.6 Å². The molecule has 2 unspecified atom stereocenters. The van der Waals surface area contributed by atoms with Crippen molar-refractivity contribution in [2.45, 2.75) is 32.2 Å². The first-order valence-corrected chi connectivity index (χ1v) is 9.55. The molecule has 0 radical (unpaired) electrons. The monoisotopic (exact) mass is 407 g/mol. The number of alkyl halides is 2. The van der Waals surface area contributed by atoms with Gasteiger partial charge >= 0.3 is 0 Å². The van der Waals surface area contributed by atoms with Gasteiger partial charge in [0.2, 0.25) is 0 Å². The van der Waals surface area contributed by atoms with E-state index in [2.05, 4.69) is 15.6 Å². The zero-order chi connectivity index (χ0) is 21.0. The average molecular weight is 407 g/mol. The largest absolute Gasteiger partial charge is 0.457 e. The highest BCUT2D eigenvalue weighted by atomic mass is 19.3. The van der Waals surface area contributed by atoms with E-state index in [1.165, 1.54) is 36.5 Å². The lowest BCUT2D eigenvalue weighted by Gasteiger charge is -2.39. The first kappa shape index (κ1) is 21.1. The summed E-state index contributed by atoms with van der Waals surface area (Å²) in [7, 11) is 0. The number of hydrogen-bond acceptors (Lipinski definition) is 4. The van der Waals surface area contributed by atoms with Crippen LogP contribution in [0.25, 0.3) is 0 Å². The van der Waals surface area contributed by atoms with Crippen molar-refractivity contribution >= 4 is 5.91 Å². The van der Waals surface area contributed by atoms with Gasteiger partial charge in [0.15, 0.2) is 0 Å². The summed E-state index contributed by atoms with van der Waals surface area (Å²) in [6, 6.07) is 7.71. The molecule has 156 valence electrons. The topological polar surface area (TPSA) is 63.2 Å². The molecule has 2 N–H and O–H groups in total. The van der Waals surface area contributed by atoms with Gasteiger partial charge in [-0.2, -0.15) is 0 Å². The second-order valence-corrected chi connectivity index (χ2v) is 7.50. The van der Waals surface area contributed by atoms with Crippen molar-refractivity contribution in [3.63, 3.8) is 0 Å². The molecule has 1 saturated heterocycles. The molecule has 1 aliphatic heterocycles. The summed E-state index contributed by atoms with van der Waals surface area (Å²) in [6.07, 6.45) is 1.14. The Balaban J connectivity index is 1.74. The van der Waals surface area contributed by atoms with Gasteiger partial charge in [-0.25, -0.2) is 13.2 Å². The van der Waals surface area contributed by atoms with Crippen LogP contribution in [0.4, 0.5) is 13.2 Å². The number of aromatic nitrogens is 1. The summed E-state index contributed by atoms with van der Waals surface area (Å²) in [4.78, 5) is 16.8. The van der Waals surface area contributed by atoms with Crippen LogP contribution in [0, 0.1) is 17.7 Å². The Bertz CT molecular complexity index is 843. The van der Waals surface area contributed by atoms with E-state index in [0.29, 0.717) is 11.5 Å². The quantitative estimate of drug-likeness (QED) is 0.760. The molecule has 1 aromatic heterocycles. The van der Waals surface area contributed by atoms with E-state index in [1.807, 2.05) is 0 Å². The average Bonchev–Trinajstić information content (AvgIpc) is 2.68. The maximum absolute atomic E-state index is 14.4. The third-order valence-electron chi connectivity index (χ3n) is 5.00. The predicted octanol–water partition coefficient (Wildman–Crippen LogP) is 4.01. The molecule has 1 aromatic carbocycles. The fourth-order valence-electron chi connectivity index (χ4n) is 3.43. The molecule has 29 heavy (non-hydrogen) atoms. The zero-order valence-electron chi connectivity index (χ0n) is 16.3. The summed E-state index contributed by atoms with van der Waals surface area (Å²) < 4.78 is 47.4. The van der Waals surface area contributed by atoms with Crippen molar-refractivity contribution in [2.75, 3.05) is 13.1 Å². The van der Waals surface area contributed by atoms with Gasteiger partial charge in [0.1, 0.15) is 23.0 Å². The second kappa shape index (κ2) is 8.82. The van der Waals surface area contributed by atoms with Crippen LogP contribution in [0.2, 0.25) is 0 Å². The highest BCUT2D eigenvalue weighted by Gasteiger charge is 2.47. The molecule has 0 aliphatic carbocycles. The molecule has 2 atom stereocenters. The van der Waals surface area contributed by atoms with Crippen molar-refractivity contribution in [2.24, 2.45) is 11.8 Å². The van der Waals surface area contributed by atoms with Crippen molar-refractivity contribution in [1.29, 1.82) is 0 Å². The summed E-state index contributed by atoms with van der Waals surface area (Å²) in [5.74, 6) is -4.24. The van der Waals surface area contributed by atoms with Crippen LogP contribution in [0.15, 0.2) is 42.6 Å². The minimum atomic E-state index is -2.85. The number of nitrogens with zero attached hydrogens (tertiary/aromatic N) is 1. The lowest BCUT2D eigenvalue weighted by molar-refractivity contribution is -0.0942. The summed E-state index contributed by atoms with van der Waals surface area (Å²) in [5.41, 5.74) is 0.0577. The van der Waals surface area contributed by atoms with E-state index in [9.17, 15) is 18.0 Å². The van der Waals surface area contributed by atoms with Gasteiger partial charge < -0.3 is 15.4 Å². The van der Waals surface area contributed by atoms with E-state index < -0.39 is 23.8 Å². The van der Waals surface area contributed by atoms with Crippen LogP contribution in [0.3, 0.4) is 0 Å². The van der Waals surface area contributed by atoms with Crippen molar-refractivity contribution in [3.05, 3.63) is 54.1 Å². The molecule has 0 bridgehead atoms. The molecule has 5 nitrogen and oxygen atoms in total. The Labute approximate surface area is 167 Å². The van der Waals surface area contributed by atoms with E-state index >= 15 is 0 Å². The third-order valence-corrected chi connectivity index (χ3v) is 5.00. The molecular weight excluding hydrogens is 383 g/mol. The van der Waals surface area contributed by atoms with Gasteiger partial charge in [-0.15, -0.1) is 0 Å². The summed E-state index contributed by atoms with van der Waals surface area (Å²) in [5, 5.41) is 5.72. The fourth-order valence-corrected chi connectivity index (χ4v) is 3.43. The fraction of sp³-hybridized carbons (Fsp3) is 0.429. The number of amides is 1. The Morgan fingerprint density at radius 3 is 2.62 bits per heavy atom. The van der Waals surface area contributed by atoms with Crippen LogP contribution in [0.5, 0.6) is 11.5 Å². The smallest absolute Gasteiger partial charge is 0.270 e. The van der Waals surface area contributed by atoms with E-state index in [4.69, 9.17) is 4.74 Å². The molecule has 8 heteroatoms. The van der Waals surface area contributed by atoms with Crippen LogP contribution in [-0.4, -0.2) is 35.9 Å². The molecule has 3 rings (SSSR count). The van der Waals surface area contributed by atoms with Gasteiger partial charge in [0.25, 0.3) is 11.8 Å². The minimum absolute atomic E-state index is 0.0577. The molecule has 1 fully saturated rings. The maximum Gasteiger partial charge on any atom is 0.270 e. The number of nitrogens with one attached hydrogen (secondary N) is 2. The SMILES string of the molecule is CC(C)C(NC(=O)c1cc(Oc2ccc(F)cc2)ccn1)C1CNCCC1(F)F. The number of rotatable bonds is 6.